The van der Waals surface area contributed by atoms with Crippen molar-refractivity contribution in [1.82, 2.24) is 31.0 Å². The average molecular weight is 433 g/mol. The molecule has 160 valence electrons. The Labute approximate surface area is 180 Å². The van der Waals surface area contributed by atoms with Crippen molar-refractivity contribution in [3.63, 3.8) is 0 Å². The van der Waals surface area contributed by atoms with E-state index in [1.807, 2.05) is 31.6 Å². The van der Waals surface area contributed by atoms with Crippen molar-refractivity contribution in [2.75, 3.05) is 13.1 Å². The van der Waals surface area contributed by atoms with Gasteiger partial charge in [-0.3, -0.25) is 19.6 Å². The fraction of sp³-hybridized carbons (Fsp3) is 0.400. The first kappa shape index (κ1) is 21.8. The normalized spacial score (nSPS) is 25.4. The molecule has 2 saturated heterocycles. The number of hydrogen-bond acceptors (Lipinski definition) is 5. The van der Waals surface area contributed by atoms with E-state index >= 15 is 0 Å². The van der Waals surface area contributed by atoms with Crippen molar-refractivity contribution >= 4 is 30.3 Å². The number of hydrogen-bond donors (Lipinski definition) is 4. The Morgan fingerprint density at radius 2 is 2.00 bits per heavy atom. The highest BCUT2D eigenvalue weighted by atomic mass is 35.5. The number of carbonyl (C=O) groups is 3. The summed E-state index contributed by atoms with van der Waals surface area (Å²) in [4.78, 5) is 36.2. The van der Waals surface area contributed by atoms with Crippen LogP contribution in [0.3, 0.4) is 0 Å². The number of benzene rings is 1. The van der Waals surface area contributed by atoms with Gasteiger partial charge in [0.1, 0.15) is 5.54 Å². The Bertz CT molecular complexity index is 960. The zero-order valence-corrected chi connectivity index (χ0v) is 17.6. The van der Waals surface area contributed by atoms with Crippen molar-refractivity contribution in [3.8, 4) is 0 Å². The molecular formula is C20H25ClN6O3. The number of nitrogens with one attached hydrogen (secondary N) is 4. The van der Waals surface area contributed by atoms with Crippen LogP contribution in [0.4, 0.5) is 4.79 Å². The molecule has 0 saturated carbocycles. The number of nitrogens with zero attached hydrogens (tertiary/aromatic N) is 2. The minimum absolute atomic E-state index is 0. The number of imide groups is 1. The molecule has 3 atom stereocenters. The topological polar surface area (TPSA) is 117 Å². The molecule has 4 rings (SSSR count). The highest BCUT2D eigenvalue weighted by molar-refractivity contribution is 6.07. The summed E-state index contributed by atoms with van der Waals surface area (Å²) in [7, 11) is 1.87. The van der Waals surface area contributed by atoms with Crippen molar-refractivity contribution in [3.05, 3.63) is 53.3 Å². The second-order valence-electron chi connectivity index (χ2n) is 7.77. The molecule has 1 unspecified atom stereocenters. The van der Waals surface area contributed by atoms with Gasteiger partial charge in [0, 0.05) is 38.8 Å². The van der Waals surface area contributed by atoms with Crippen molar-refractivity contribution in [1.29, 1.82) is 0 Å². The number of rotatable bonds is 5. The first-order valence-electron chi connectivity index (χ1n) is 9.57. The minimum Gasteiger partial charge on any atom is -0.352 e. The zero-order valence-electron chi connectivity index (χ0n) is 16.8. The molecule has 0 spiro atoms. The third-order valence-corrected chi connectivity index (χ3v) is 5.75. The molecule has 9 nitrogen and oxygen atoms in total. The van der Waals surface area contributed by atoms with Crippen LogP contribution in [0.25, 0.3) is 0 Å². The Kier molecular flexibility index (Phi) is 6.14. The van der Waals surface area contributed by atoms with Gasteiger partial charge in [0.25, 0.3) is 5.91 Å². The summed E-state index contributed by atoms with van der Waals surface area (Å²) < 4.78 is 1.75. The first-order valence-corrected chi connectivity index (χ1v) is 9.57. The summed E-state index contributed by atoms with van der Waals surface area (Å²) in [6, 6.07) is 6.79. The molecule has 2 aliphatic heterocycles. The lowest BCUT2D eigenvalue weighted by Gasteiger charge is -2.21. The van der Waals surface area contributed by atoms with Gasteiger partial charge < -0.3 is 16.0 Å². The molecule has 30 heavy (non-hydrogen) atoms. The van der Waals surface area contributed by atoms with Gasteiger partial charge in [-0.2, -0.15) is 5.10 Å². The van der Waals surface area contributed by atoms with Gasteiger partial charge in [0.15, 0.2) is 0 Å². The highest BCUT2D eigenvalue weighted by Crippen LogP contribution is 2.28. The maximum absolute atomic E-state index is 12.7. The van der Waals surface area contributed by atoms with E-state index in [1.165, 1.54) is 0 Å². The van der Waals surface area contributed by atoms with Crippen LogP contribution in [-0.2, 0) is 28.7 Å². The smallest absolute Gasteiger partial charge is 0.322 e. The Balaban J connectivity index is 0.00000256. The average Bonchev–Trinajstić information content (AvgIpc) is 3.40. The second-order valence-corrected chi connectivity index (χ2v) is 7.77. The van der Waals surface area contributed by atoms with E-state index in [0.717, 1.165) is 17.7 Å². The van der Waals surface area contributed by atoms with Crippen LogP contribution in [0.2, 0.25) is 0 Å². The maximum Gasteiger partial charge on any atom is 0.322 e. The van der Waals surface area contributed by atoms with Gasteiger partial charge in [-0.1, -0.05) is 24.3 Å². The van der Waals surface area contributed by atoms with Gasteiger partial charge in [-0.15, -0.1) is 12.4 Å². The monoisotopic (exact) mass is 432 g/mol. The molecule has 1 aromatic carbocycles. The molecule has 10 heteroatoms. The van der Waals surface area contributed by atoms with Crippen LogP contribution in [0.5, 0.6) is 0 Å². The van der Waals surface area contributed by atoms with E-state index in [0.29, 0.717) is 18.7 Å². The number of urea groups is 1. The van der Waals surface area contributed by atoms with Crippen LogP contribution < -0.4 is 21.3 Å². The molecule has 1 aromatic heterocycles. The molecule has 0 bridgehead atoms. The van der Waals surface area contributed by atoms with Crippen LogP contribution in [0.1, 0.15) is 29.5 Å². The fourth-order valence-electron chi connectivity index (χ4n) is 3.96. The lowest BCUT2D eigenvalue weighted by molar-refractivity contribution is -0.125. The molecule has 2 aliphatic rings. The summed E-state index contributed by atoms with van der Waals surface area (Å²) in [5.74, 6) is -0.411. The predicted octanol–water partition coefficient (Wildman–Crippen LogP) is 0.516. The Hall–Kier alpha value is -2.91. The van der Waals surface area contributed by atoms with E-state index in [2.05, 4.69) is 26.4 Å². The molecule has 0 aliphatic carbocycles. The Morgan fingerprint density at radius 3 is 2.60 bits per heavy atom. The SMILES string of the molecule is Cl.Cn1cc([C@H]2CNC[C@@H]2C(=O)NCc2ccc(C3(C)NC(=O)NC3=O)cc2)cn1. The third kappa shape index (κ3) is 4.03. The van der Waals surface area contributed by atoms with E-state index in [-0.39, 0.29) is 36.1 Å². The molecule has 4 N–H and O–H groups in total. The molecule has 2 aromatic rings. The highest BCUT2D eigenvalue weighted by Gasteiger charge is 2.43. The quantitative estimate of drug-likeness (QED) is 0.514. The van der Waals surface area contributed by atoms with Gasteiger partial charge >= 0.3 is 6.03 Å². The van der Waals surface area contributed by atoms with Gasteiger partial charge in [0.2, 0.25) is 5.91 Å². The maximum atomic E-state index is 12.7. The van der Waals surface area contributed by atoms with Crippen LogP contribution in [0, 0.1) is 5.92 Å². The predicted molar refractivity (Wildman–Crippen MR) is 112 cm³/mol. The standard InChI is InChI=1S/C20H24N6O3.ClH/c1-20(18(28)24-19(29)25-20)14-5-3-12(4-6-14)7-22-17(27)16-10-21-9-15(16)13-8-23-26(2)11-13;/h3-6,8,11,15-16,21H,7,9-10H2,1-2H3,(H,22,27)(H2,24,25,28,29);1H/t15-,16+,20?;/m1./s1. The molecule has 3 heterocycles. The van der Waals surface area contributed by atoms with Crippen molar-refractivity contribution < 1.29 is 14.4 Å². The second kappa shape index (κ2) is 8.45. The van der Waals surface area contributed by atoms with E-state index in [4.69, 9.17) is 0 Å². The number of amides is 4. The van der Waals surface area contributed by atoms with Crippen molar-refractivity contribution in [2.24, 2.45) is 13.0 Å². The largest absolute Gasteiger partial charge is 0.352 e. The number of carbonyl (C=O) groups excluding carboxylic acids is 3. The number of aryl methyl sites for hydroxylation is 1. The first-order chi connectivity index (χ1) is 13.9. The summed E-state index contributed by atoms with van der Waals surface area (Å²) >= 11 is 0. The zero-order chi connectivity index (χ0) is 20.6. The van der Waals surface area contributed by atoms with Gasteiger partial charge in [-0.25, -0.2) is 4.79 Å². The van der Waals surface area contributed by atoms with Crippen LogP contribution in [-0.4, -0.2) is 40.7 Å². The van der Waals surface area contributed by atoms with Gasteiger partial charge in [-0.05, 0) is 23.6 Å². The van der Waals surface area contributed by atoms with E-state index < -0.39 is 11.6 Å². The third-order valence-electron chi connectivity index (χ3n) is 5.75. The molecule has 0 radical (unpaired) electrons. The molecule has 4 amide bonds. The van der Waals surface area contributed by atoms with Crippen LogP contribution in [0.15, 0.2) is 36.7 Å². The van der Waals surface area contributed by atoms with Crippen molar-refractivity contribution in [2.45, 2.75) is 24.9 Å². The minimum atomic E-state index is -1.08. The summed E-state index contributed by atoms with van der Waals surface area (Å²) in [5, 5.41) is 15.4. The fourth-order valence-corrected chi connectivity index (χ4v) is 3.96. The van der Waals surface area contributed by atoms with Crippen LogP contribution >= 0.6 is 12.4 Å². The summed E-state index contributed by atoms with van der Waals surface area (Å²) in [6.07, 6.45) is 3.77. The molecule has 2 fully saturated rings. The van der Waals surface area contributed by atoms with E-state index in [1.54, 1.807) is 23.7 Å². The Morgan fingerprint density at radius 1 is 1.27 bits per heavy atom. The van der Waals surface area contributed by atoms with Gasteiger partial charge in [0.05, 0.1) is 12.1 Å². The number of aromatic nitrogens is 2. The number of halogens is 1. The molecular weight excluding hydrogens is 408 g/mol. The lowest BCUT2D eigenvalue weighted by atomic mass is 9.90. The summed E-state index contributed by atoms with van der Waals surface area (Å²) in [6.45, 7) is 3.45. The van der Waals surface area contributed by atoms with E-state index in [9.17, 15) is 14.4 Å². The lowest BCUT2D eigenvalue weighted by Crippen LogP contribution is -2.40. The summed E-state index contributed by atoms with van der Waals surface area (Å²) in [5.41, 5.74) is 1.59.